The molecule has 0 saturated heterocycles. The second kappa shape index (κ2) is 5.31. The molecule has 0 fully saturated rings. The second-order valence-corrected chi connectivity index (χ2v) is 6.51. The molecular weight excluding hydrogens is 362 g/mol. The summed E-state index contributed by atoms with van der Waals surface area (Å²) in [7, 11) is -3.80. The minimum Gasteiger partial charge on any atom is -0.487 e. The molecule has 4 nitrogen and oxygen atoms in total. The summed E-state index contributed by atoms with van der Waals surface area (Å²) in [5.74, 6) is 0.200. The highest BCUT2D eigenvalue weighted by Crippen LogP contribution is 2.27. The summed E-state index contributed by atoms with van der Waals surface area (Å²) in [4.78, 5) is -0.0596. The molecule has 0 saturated carbocycles. The number of sulfonamides is 1. The minimum absolute atomic E-state index is 0.0596. The molecule has 0 aliphatic rings. The number of hydrogen-bond acceptors (Lipinski definition) is 3. The SMILES string of the molecule is C=C(Br)COc1ccc(Br)cc1S(N)(=O)=O. The first-order chi connectivity index (χ1) is 7.30. The van der Waals surface area contributed by atoms with Gasteiger partial charge in [0.25, 0.3) is 0 Å². The lowest BCUT2D eigenvalue weighted by atomic mass is 10.3. The summed E-state index contributed by atoms with van der Waals surface area (Å²) in [5.41, 5.74) is 0. The third-order valence-electron chi connectivity index (χ3n) is 1.60. The fourth-order valence-electron chi connectivity index (χ4n) is 0.980. The van der Waals surface area contributed by atoms with Gasteiger partial charge in [0, 0.05) is 8.96 Å². The third-order valence-corrected chi connectivity index (χ3v) is 3.25. The van der Waals surface area contributed by atoms with Crippen LogP contribution in [0.1, 0.15) is 0 Å². The lowest BCUT2D eigenvalue weighted by Gasteiger charge is -2.09. The fourth-order valence-corrected chi connectivity index (χ4v) is 2.31. The Hall–Kier alpha value is -0.370. The normalized spacial score (nSPS) is 11.2. The molecule has 0 atom stereocenters. The van der Waals surface area contributed by atoms with E-state index in [0.29, 0.717) is 8.96 Å². The van der Waals surface area contributed by atoms with Crippen molar-refractivity contribution >= 4 is 41.9 Å². The van der Waals surface area contributed by atoms with E-state index in [0.717, 1.165) is 0 Å². The van der Waals surface area contributed by atoms with Gasteiger partial charge in [-0.25, -0.2) is 13.6 Å². The topological polar surface area (TPSA) is 69.4 Å². The van der Waals surface area contributed by atoms with Crippen LogP contribution >= 0.6 is 31.9 Å². The van der Waals surface area contributed by atoms with Crippen molar-refractivity contribution in [1.82, 2.24) is 0 Å². The lowest BCUT2D eigenvalue weighted by molar-refractivity contribution is 0.351. The minimum atomic E-state index is -3.80. The maximum Gasteiger partial charge on any atom is 0.241 e. The van der Waals surface area contributed by atoms with Gasteiger partial charge in [0.05, 0.1) is 0 Å². The molecule has 2 N–H and O–H groups in total. The van der Waals surface area contributed by atoms with E-state index < -0.39 is 10.0 Å². The molecule has 0 unspecified atom stereocenters. The van der Waals surface area contributed by atoms with E-state index in [1.165, 1.54) is 12.1 Å². The molecule has 1 aromatic rings. The van der Waals surface area contributed by atoms with Crippen LogP contribution in [0.25, 0.3) is 0 Å². The van der Waals surface area contributed by atoms with Crippen LogP contribution in [0.2, 0.25) is 0 Å². The van der Waals surface area contributed by atoms with Crippen LogP contribution in [0.15, 0.2) is 38.6 Å². The van der Waals surface area contributed by atoms with Crippen LogP contribution in [0.3, 0.4) is 0 Å². The average molecular weight is 371 g/mol. The smallest absolute Gasteiger partial charge is 0.241 e. The number of ether oxygens (including phenoxy) is 1. The van der Waals surface area contributed by atoms with Crippen LogP contribution in [0.5, 0.6) is 5.75 Å². The Bertz CT molecular complexity index is 513. The van der Waals surface area contributed by atoms with Crippen molar-refractivity contribution in [1.29, 1.82) is 0 Å². The van der Waals surface area contributed by atoms with E-state index in [9.17, 15) is 8.42 Å². The van der Waals surface area contributed by atoms with Crippen LogP contribution in [0, 0.1) is 0 Å². The number of rotatable bonds is 4. The summed E-state index contributed by atoms with van der Waals surface area (Å²) in [6, 6.07) is 4.59. The molecular formula is C9H9Br2NO3S. The quantitative estimate of drug-likeness (QED) is 0.884. The molecule has 0 amide bonds. The predicted molar refractivity (Wildman–Crippen MR) is 69.1 cm³/mol. The fraction of sp³-hybridized carbons (Fsp3) is 0.111. The maximum atomic E-state index is 11.3. The summed E-state index contributed by atoms with van der Waals surface area (Å²) in [6.45, 7) is 3.75. The van der Waals surface area contributed by atoms with Gasteiger partial charge in [-0.1, -0.05) is 38.4 Å². The molecule has 1 aromatic carbocycles. The van der Waals surface area contributed by atoms with Gasteiger partial charge in [0.1, 0.15) is 17.3 Å². The highest BCUT2D eigenvalue weighted by atomic mass is 79.9. The summed E-state index contributed by atoms with van der Waals surface area (Å²) in [6.07, 6.45) is 0. The van der Waals surface area contributed by atoms with E-state index in [1.54, 1.807) is 6.07 Å². The molecule has 0 aliphatic heterocycles. The predicted octanol–water partition coefficient (Wildman–Crippen LogP) is 2.38. The van der Waals surface area contributed by atoms with Gasteiger partial charge in [0.15, 0.2) is 0 Å². The van der Waals surface area contributed by atoms with Crippen LogP contribution in [0.4, 0.5) is 0 Å². The molecule has 0 aromatic heterocycles. The Morgan fingerprint density at radius 1 is 1.50 bits per heavy atom. The van der Waals surface area contributed by atoms with Crippen LogP contribution in [-0.2, 0) is 10.0 Å². The van der Waals surface area contributed by atoms with Crippen LogP contribution in [-0.4, -0.2) is 15.0 Å². The Labute approximate surface area is 111 Å². The zero-order valence-electron chi connectivity index (χ0n) is 8.11. The van der Waals surface area contributed by atoms with E-state index >= 15 is 0 Å². The summed E-state index contributed by atoms with van der Waals surface area (Å²) in [5, 5.41) is 5.07. The molecule has 16 heavy (non-hydrogen) atoms. The maximum absolute atomic E-state index is 11.3. The number of primary sulfonamides is 1. The largest absolute Gasteiger partial charge is 0.487 e. The van der Waals surface area contributed by atoms with Crippen LogP contribution < -0.4 is 9.88 Å². The molecule has 88 valence electrons. The van der Waals surface area contributed by atoms with Crippen molar-refractivity contribution in [2.24, 2.45) is 5.14 Å². The Morgan fingerprint density at radius 2 is 2.12 bits per heavy atom. The first-order valence-electron chi connectivity index (χ1n) is 4.09. The van der Waals surface area contributed by atoms with Gasteiger partial charge in [-0.15, -0.1) is 0 Å². The first kappa shape index (κ1) is 13.7. The van der Waals surface area contributed by atoms with E-state index in [4.69, 9.17) is 9.88 Å². The third kappa shape index (κ3) is 3.89. The number of hydrogen-bond donors (Lipinski definition) is 1. The first-order valence-corrected chi connectivity index (χ1v) is 7.22. The lowest BCUT2D eigenvalue weighted by Crippen LogP contribution is -2.14. The highest BCUT2D eigenvalue weighted by Gasteiger charge is 2.15. The molecule has 1 rings (SSSR count). The van der Waals surface area contributed by atoms with Gasteiger partial charge >= 0.3 is 0 Å². The molecule has 0 aliphatic carbocycles. The van der Waals surface area contributed by atoms with Gasteiger partial charge in [-0.3, -0.25) is 0 Å². The van der Waals surface area contributed by atoms with Crippen molar-refractivity contribution in [3.63, 3.8) is 0 Å². The molecule has 0 radical (unpaired) electrons. The van der Waals surface area contributed by atoms with Crippen molar-refractivity contribution in [2.45, 2.75) is 4.90 Å². The van der Waals surface area contributed by atoms with Gasteiger partial charge in [-0.05, 0) is 18.2 Å². The number of benzene rings is 1. The van der Waals surface area contributed by atoms with E-state index in [2.05, 4.69) is 38.4 Å². The van der Waals surface area contributed by atoms with Crippen molar-refractivity contribution in [3.05, 3.63) is 33.7 Å². The number of halogens is 2. The second-order valence-electron chi connectivity index (χ2n) is 2.94. The van der Waals surface area contributed by atoms with Gasteiger partial charge in [-0.2, -0.15) is 0 Å². The Kier molecular flexibility index (Phi) is 4.54. The van der Waals surface area contributed by atoms with Crippen molar-refractivity contribution in [3.8, 4) is 5.75 Å². The zero-order valence-corrected chi connectivity index (χ0v) is 12.1. The van der Waals surface area contributed by atoms with Gasteiger partial charge in [0.2, 0.25) is 10.0 Å². The van der Waals surface area contributed by atoms with Crippen molar-refractivity contribution in [2.75, 3.05) is 6.61 Å². The summed E-state index contributed by atoms with van der Waals surface area (Å²) < 4.78 is 29.1. The Balaban J connectivity index is 3.13. The summed E-state index contributed by atoms with van der Waals surface area (Å²) >= 11 is 6.28. The van der Waals surface area contributed by atoms with E-state index in [1.807, 2.05) is 0 Å². The zero-order chi connectivity index (χ0) is 12.3. The monoisotopic (exact) mass is 369 g/mol. The van der Waals surface area contributed by atoms with Crippen molar-refractivity contribution < 1.29 is 13.2 Å². The van der Waals surface area contributed by atoms with Gasteiger partial charge < -0.3 is 4.74 Å². The standard InChI is InChI=1S/C9H9Br2NO3S/c1-6(10)5-15-8-3-2-7(11)4-9(8)16(12,13)14/h2-4H,1,5H2,(H2,12,13,14). The number of nitrogens with two attached hydrogens (primary N) is 1. The molecule has 0 spiro atoms. The molecule has 0 heterocycles. The Morgan fingerprint density at radius 3 is 2.62 bits per heavy atom. The van der Waals surface area contributed by atoms with E-state index in [-0.39, 0.29) is 17.3 Å². The molecule has 0 bridgehead atoms. The average Bonchev–Trinajstić information content (AvgIpc) is 2.14. The highest BCUT2D eigenvalue weighted by molar-refractivity contribution is 9.11. The molecule has 7 heteroatoms.